The van der Waals surface area contributed by atoms with Gasteiger partial charge < -0.3 is 14.8 Å². The molecule has 0 unspecified atom stereocenters. The third kappa shape index (κ3) is 3.97. The molecule has 2 heterocycles. The number of aliphatic carboxylic acids is 1. The van der Waals surface area contributed by atoms with Crippen LogP contribution < -0.4 is 4.74 Å². The number of benzene rings is 2. The predicted octanol–water partition coefficient (Wildman–Crippen LogP) is 4.27. The number of carbonyl (C=O) groups is 1. The number of nitrogens with one attached hydrogen (secondary N) is 1. The fourth-order valence-electron chi connectivity index (χ4n) is 3.34. The summed E-state index contributed by atoms with van der Waals surface area (Å²) < 4.78 is 5.36. The number of methoxy groups -OCH3 is 1. The quantitative estimate of drug-likeness (QED) is 0.517. The van der Waals surface area contributed by atoms with Crippen molar-refractivity contribution in [1.29, 1.82) is 0 Å². The van der Waals surface area contributed by atoms with Gasteiger partial charge >= 0.3 is 5.97 Å². The van der Waals surface area contributed by atoms with E-state index in [1.165, 1.54) is 0 Å². The maximum absolute atomic E-state index is 10.7. The summed E-state index contributed by atoms with van der Waals surface area (Å²) in [5, 5.41) is 9.85. The minimum Gasteiger partial charge on any atom is -0.497 e. The minimum absolute atomic E-state index is 0.438. The Morgan fingerprint density at radius 2 is 1.93 bits per heavy atom. The molecule has 0 radical (unpaired) electrons. The molecule has 0 amide bonds. The molecule has 4 rings (SSSR count). The summed E-state index contributed by atoms with van der Waals surface area (Å²) in [7, 11) is 1.65. The first kappa shape index (κ1) is 18.3. The Kier molecular flexibility index (Phi) is 5.00. The summed E-state index contributed by atoms with van der Waals surface area (Å²) in [6.07, 6.45) is 0.582. The molecule has 2 N–H and O–H groups in total. The van der Waals surface area contributed by atoms with E-state index in [1.807, 2.05) is 48.5 Å². The molecule has 142 valence electrons. The van der Waals surface area contributed by atoms with Crippen LogP contribution in [-0.4, -0.2) is 28.2 Å². The van der Waals surface area contributed by atoms with Crippen molar-refractivity contribution in [2.24, 2.45) is 0 Å². The van der Waals surface area contributed by atoms with Gasteiger partial charge in [-0.25, -0.2) is 9.78 Å². The minimum atomic E-state index is -1.17. The number of ether oxygens (including phenoxy) is 1. The van der Waals surface area contributed by atoms with Crippen molar-refractivity contribution in [3.8, 4) is 28.8 Å². The molecule has 5 heteroatoms. The molecule has 0 aliphatic rings. The van der Waals surface area contributed by atoms with Crippen molar-refractivity contribution in [3.05, 3.63) is 83.7 Å². The smallest absolute Gasteiger partial charge is 0.382 e. The van der Waals surface area contributed by atoms with Crippen LogP contribution in [-0.2, 0) is 11.2 Å². The van der Waals surface area contributed by atoms with Crippen LogP contribution in [0.4, 0.5) is 0 Å². The van der Waals surface area contributed by atoms with E-state index in [0.717, 1.165) is 39.2 Å². The van der Waals surface area contributed by atoms with E-state index >= 15 is 0 Å². The van der Waals surface area contributed by atoms with Gasteiger partial charge in [0.15, 0.2) is 0 Å². The second-order valence-corrected chi connectivity index (χ2v) is 6.50. The first-order valence-electron chi connectivity index (χ1n) is 9.09. The predicted molar refractivity (Wildman–Crippen MR) is 112 cm³/mol. The highest BCUT2D eigenvalue weighted by Gasteiger charge is 2.15. The standard InChI is InChI=1S/C24H18N2O3/c1-29-19-11-12-20-21(14-18-9-5-8-17(25-18)10-13-23(27)28)24(26-22(20)15-19)16-6-3-2-4-7-16/h2-9,11-12,15,26H,14H2,1H3,(H,27,28). The number of nitrogens with zero attached hydrogens (tertiary/aromatic N) is 1. The van der Waals surface area contributed by atoms with Gasteiger partial charge in [-0.1, -0.05) is 36.4 Å². The van der Waals surface area contributed by atoms with Gasteiger partial charge in [0.1, 0.15) is 11.4 Å². The van der Waals surface area contributed by atoms with Crippen molar-refractivity contribution in [3.63, 3.8) is 0 Å². The highest BCUT2D eigenvalue weighted by Crippen LogP contribution is 2.33. The Morgan fingerprint density at radius 1 is 1.10 bits per heavy atom. The highest BCUT2D eigenvalue weighted by molar-refractivity contribution is 5.92. The van der Waals surface area contributed by atoms with Gasteiger partial charge in [-0.3, -0.25) is 0 Å². The molecule has 2 aromatic carbocycles. The van der Waals surface area contributed by atoms with E-state index in [9.17, 15) is 4.79 Å². The Balaban J connectivity index is 1.81. The number of hydrogen-bond acceptors (Lipinski definition) is 3. The van der Waals surface area contributed by atoms with Gasteiger partial charge in [0, 0.05) is 35.0 Å². The number of H-pyrrole nitrogens is 1. The van der Waals surface area contributed by atoms with E-state index in [4.69, 9.17) is 9.84 Å². The molecule has 0 atom stereocenters. The Labute approximate surface area is 168 Å². The molecule has 0 aliphatic heterocycles. The fourth-order valence-corrected chi connectivity index (χ4v) is 3.34. The summed E-state index contributed by atoms with van der Waals surface area (Å²) in [5.41, 5.74) is 5.46. The van der Waals surface area contributed by atoms with Gasteiger partial charge in [-0.05, 0) is 41.3 Å². The monoisotopic (exact) mass is 382 g/mol. The number of aromatic amines is 1. The molecule has 0 bridgehead atoms. The van der Waals surface area contributed by atoms with E-state index < -0.39 is 5.97 Å². The van der Waals surface area contributed by atoms with Crippen LogP contribution in [0.15, 0.2) is 66.7 Å². The van der Waals surface area contributed by atoms with Crippen molar-refractivity contribution in [2.75, 3.05) is 7.11 Å². The molecule has 0 spiro atoms. The van der Waals surface area contributed by atoms with Crippen LogP contribution in [0.25, 0.3) is 22.2 Å². The average Bonchev–Trinajstić information content (AvgIpc) is 3.10. The highest BCUT2D eigenvalue weighted by atomic mass is 16.5. The van der Waals surface area contributed by atoms with E-state index in [0.29, 0.717) is 12.1 Å². The number of carboxylic acid groups (broad SMARTS) is 1. The van der Waals surface area contributed by atoms with Crippen molar-refractivity contribution in [2.45, 2.75) is 6.42 Å². The Bertz CT molecular complexity index is 1250. The number of carboxylic acids is 1. The largest absolute Gasteiger partial charge is 0.497 e. The van der Waals surface area contributed by atoms with E-state index in [2.05, 4.69) is 33.9 Å². The van der Waals surface area contributed by atoms with Gasteiger partial charge in [0.2, 0.25) is 0 Å². The SMILES string of the molecule is COc1ccc2c(Cc3cccc(C#CC(=O)O)n3)c(-c3ccccc3)[nH]c2c1. The summed E-state index contributed by atoms with van der Waals surface area (Å²) in [6.45, 7) is 0. The van der Waals surface area contributed by atoms with Crippen LogP contribution in [0.3, 0.4) is 0 Å². The molecule has 0 aliphatic carbocycles. The number of pyridine rings is 1. The summed E-state index contributed by atoms with van der Waals surface area (Å²) in [5.74, 6) is 4.30. The molecule has 0 saturated carbocycles. The lowest BCUT2D eigenvalue weighted by molar-refractivity contribution is -0.130. The lowest BCUT2D eigenvalue weighted by atomic mass is 10.0. The fraction of sp³-hybridized carbons (Fsp3) is 0.0833. The van der Waals surface area contributed by atoms with Crippen molar-refractivity contribution in [1.82, 2.24) is 9.97 Å². The summed E-state index contributed by atoms with van der Waals surface area (Å²) in [4.78, 5) is 18.7. The molecule has 29 heavy (non-hydrogen) atoms. The van der Waals surface area contributed by atoms with Crippen molar-refractivity contribution < 1.29 is 14.6 Å². The molecule has 4 aromatic rings. The number of aromatic nitrogens is 2. The molecule has 2 aromatic heterocycles. The lowest BCUT2D eigenvalue weighted by Crippen LogP contribution is -1.96. The zero-order valence-electron chi connectivity index (χ0n) is 15.8. The van der Waals surface area contributed by atoms with Gasteiger partial charge in [0.25, 0.3) is 0 Å². The van der Waals surface area contributed by atoms with E-state index in [-0.39, 0.29) is 0 Å². The number of fused-ring (bicyclic) bond motifs is 1. The van der Waals surface area contributed by atoms with Gasteiger partial charge in [-0.15, -0.1) is 0 Å². The average molecular weight is 382 g/mol. The van der Waals surface area contributed by atoms with Crippen LogP contribution >= 0.6 is 0 Å². The molecule has 0 fully saturated rings. The third-order valence-electron chi connectivity index (χ3n) is 4.64. The third-order valence-corrected chi connectivity index (χ3v) is 4.64. The topological polar surface area (TPSA) is 75.2 Å². The second-order valence-electron chi connectivity index (χ2n) is 6.50. The first-order chi connectivity index (χ1) is 14.1. The normalized spacial score (nSPS) is 10.4. The van der Waals surface area contributed by atoms with Crippen LogP contribution in [0, 0.1) is 11.8 Å². The van der Waals surface area contributed by atoms with Crippen molar-refractivity contribution >= 4 is 16.9 Å². The zero-order chi connectivity index (χ0) is 20.2. The Morgan fingerprint density at radius 3 is 2.69 bits per heavy atom. The molecular weight excluding hydrogens is 364 g/mol. The number of hydrogen-bond donors (Lipinski definition) is 2. The van der Waals surface area contributed by atoms with Crippen LogP contribution in [0.2, 0.25) is 0 Å². The molecular formula is C24H18N2O3. The number of rotatable bonds is 4. The first-order valence-corrected chi connectivity index (χ1v) is 9.09. The van der Waals surface area contributed by atoms with Crippen LogP contribution in [0.1, 0.15) is 17.0 Å². The molecule has 5 nitrogen and oxygen atoms in total. The maximum atomic E-state index is 10.7. The summed E-state index contributed by atoms with van der Waals surface area (Å²) in [6, 6.07) is 21.6. The lowest BCUT2D eigenvalue weighted by Gasteiger charge is -2.06. The second kappa shape index (κ2) is 7.91. The molecule has 0 saturated heterocycles. The summed E-state index contributed by atoms with van der Waals surface area (Å²) >= 11 is 0. The zero-order valence-corrected chi connectivity index (χ0v) is 15.8. The van der Waals surface area contributed by atoms with E-state index in [1.54, 1.807) is 13.2 Å². The van der Waals surface area contributed by atoms with Gasteiger partial charge in [0.05, 0.1) is 12.8 Å². The van der Waals surface area contributed by atoms with Gasteiger partial charge in [-0.2, -0.15) is 0 Å². The maximum Gasteiger partial charge on any atom is 0.382 e. The van der Waals surface area contributed by atoms with Crippen LogP contribution in [0.5, 0.6) is 5.75 Å². The Hall–Kier alpha value is -4.04.